The number of halogens is 2. The topological polar surface area (TPSA) is 40.6 Å². The fourth-order valence-electron chi connectivity index (χ4n) is 3.62. The number of likely N-dealkylation sites (tertiary alicyclic amines) is 1. The zero-order valence-corrected chi connectivity index (χ0v) is 16.1. The predicted octanol–water partition coefficient (Wildman–Crippen LogP) is 4.18. The number of hydrogen-bond acceptors (Lipinski definition) is 2. The van der Waals surface area contributed by atoms with E-state index in [-0.39, 0.29) is 23.3 Å². The molecule has 6 heteroatoms. The molecule has 4 nitrogen and oxygen atoms in total. The van der Waals surface area contributed by atoms with E-state index in [1.54, 1.807) is 9.80 Å². The summed E-state index contributed by atoms with van der Waals surface area (Å²) < 4.78 is 26.5. The van der Waals surface area contributed by atoms with Crippen molar-refractivity contribution in [1.29, 1.82) is 0 Å². The Morgan fingerprint density at radius 1 is 1.07 bits per heavy atom. The Kier molecular flexibility index (Phi) is 6.07. The van der Waals surface area contributed by atoms with Gasteiger partial charge in [0.2, 0.25) is 5.91 Å². The van der Waals surface area contributed by atoms with E-state index in [2.05, 4.69) is 0 Å². The standard InChI is InChI=1S/C22H24F2N2O2/c1-3-26(18-6-4-5-15(2)13-18)22(28)16-9-11-25(12-10-16)21(27)17-7-8-19(23)20(24)14-17/h4-8,13-14,16H,3,9-12H2,1-2H3. The minimum atomic E-state index is -1.03. The molecule has 148 valence electrons. The Hall–Kier alpha value is -2.76. The van der Waals surface area contributed by atoms with Crippen LogP contribution in [0.5, 0.6) is 0 Å². The van der Waals surface area contributed by atoms with Crippen LogP contribution in [0.15, 0.2) is 42.5 Å². The summed E-state index contributed by atoms with van der Waals surface area (Å²) in [6, 6.07) is 11.0. The first kappa shape index (κ1) is 20.0. The van der Waals surface area contributed by atoms with Gasteiger partial charge < -0.3 is 9.80 Å². The van der Waals surface area contributed by atoms with Crippen LogP contribution in [0.25, 0.3) is 0 Å². The highest BCUT2D eigenvalue weighted by Crippen LogP contribution is 2.25. The fraction of sp³-hybridized carbons (Fsp3) is 0.364. The van der Waals surface area contributed by atoms with Gasteiger partial charge in [-0.1, -0.05) is 12.1 Å². The number of rotatable bonds is 4. The third kappa shape index (κ3) is 4.21. The second-order valence-electron chi connectivity index (χ2n) is 7.12. The third-order valence-corrected chi connectivity index (χ3v) is 5.19. The zero-order chi connectivity index (χ0) is 20.3. The van der Waals surface area contributed by atoms with Crippen LogP contribution in [-0.2, 0) is 4.79 Å². The molecule has 0 atom stereocenters. The summed E-state index contributed by atoms with van der Waals surface area (Å²) in [5.74, 6) is -2.44. The smallest absolute Gasteiger partial charge is 0.253 e. The lowest BCUT2D eigenvalue weighted by Gasteiger charge is -2.34. The maximum Gasteiger partial charge on any atom is 0.253 e. The second-order valence-corrected chi connectivity index (χ2v) is 7.12. The average Bonchev–Trinajstić information content (AvgIpc) is 2.70. The SMILES string of the molecule is CCN(C(=O)C1CCN(C(=O)c2ccc(F)c(F)c2)CC1)c1cccc(C)c1. The molecule has 28 heavy (non-hydrogen) atoms. The molecule has 0 aliphatic carbocycles. The van der Waals surface area contributed by atoms with Crippen molar-refractivity contribution >= 4 is 17.5 Å². The molecule has 0 spiro atoms. The normalized spacial score (nSPS) is 14.8. The van der Waals surface area contributed by atoms with E-state index in [1.807, 2.05) is 38.1 Å². The predicted molar refractivity (Wildman–Crippen MR) is 104 cm³/mol. The van der Waals surface area contributed by atoms with E-state index in [0.717, 1.165) is 23.4 Å². The number of nitrogens with zero attached hydrogens (tertiary/aromatic N) is 2. The molecular weight excluding hydrogens is 362 g/mol. The van der Waals surface area contributed by atoms with Crippen molar-refractivity contribution in [2.24, 2.45) is 5.92 Å². The summed E-state index contributed by atoms with van der Waals surface area (Å²) in [5, 5.41) is 0. The molecular formula is C22H24F2N2O2. The van der Waals surface area contributed by atoms with E-state index in [1.165, 1.54) is 6.07 Å². The summed E-state index contributed by atoms with van der Waals surface area (Å²) in [4.78, 5) is 28.9. The lowest BCUT2D eigenvalue weighted by atomic mass is 9.94. The Bertz CT molecular complexity index is 877. The first-order valence-corrected chi connectivity index (χ1v) is 9.53. The van der Waals surface area contributed by atoms with Crippen LogP contribution in [0.3, 0.4) is 0 Å². The van der Waals surface area contributed by atoms with Gasteiger partial charge in [-0.15, -0.1) is 0 Å². The Labute approximate surface area is 163 Å². The molecule has 0 N–H and O–H groups in total. The molecule has 2 amide bonds. The van der Waals surface area contributed by atoms with Crippen LogP contribution < -0.4 is 4.90 Å². The van der Waals surface area contributed by atoms with Crippen molar-refractivity contribution in [1.82, 2.24) is 4.90 Å². The number of carbonyl (C=O) groups excluding carboxylic acids is 2. The Morgan fingerprint density at radius 2 is 1.79 bits per heavy atom. The van der Waals surface area contributed by atoms with Gasteiger partial charge in [-0.2, -0.15) is 0 Å². The van der Waals surface area contributed by atoms with Gasteiger partial charge in [0, 0.05) is 36.8 Å². The zero-order valence-electron chi connectivity index (χ0n) is 16.1. The van der Waals surface area contributed by atoms with E-state index < -0.39 is 11.6 Å². The maximum absolute atomic E-state index is 13.4. The maximum atomic E-state index is 13.4. The Morgan fingerprint density at radius 3 is 2.39 bits per heavy atom. The summed E-state index contributed by atoms with van der Waals surface area (Å²) in [5.41, 5.74) is 2.10. The minimum Gasteiger partial charge on any atom is -0.339 e. The highest BCUT2D eigenvalue weighted by molar-refractivity contribution is 5.96. The molecule has 0 aromatic heterocycles. The fourth-order valence-corrected chi connectivity index (χ4v) is 3.62. The lowest BCUT2D eigenvalue weighted by Crippen LogP contribution is -2.44. The number of amides is 2. The number of anilines is 1. The molecule has 0 radical (unpaired) electrons. The van der Waals surface area contributed by atoms with Crippen molar-refractivity contribution in [2.45, 2.75) is 26.7 Å². The van der Waals surface area contributed by atoms with Crippen LogP contribution in [-0.4, -0.2) is 36.3 Å². The molecule has 1 aliphatic rings. The molecule has 0 bridgehead atoms. The summed E-state index contributed by atoms with van der Waals surface area (Å²) in [6.07, 6.45) is 1.10. The van der Waals surface area contributed by atoms with Crippen LogP contribution in [0, 0.1) is 24.5 Å². The highest BCUT2D eigenvalue weighted by atomic mass is 19.2. The molecule has 1 aliphatic heterocycles. The molecule has 1 saturated heterocycles. The Balaban J connectivity index is 1.64. The number of hydrogen-bond donors (Lipinski definition) is 0. The highest BCUT2D eigenvalue weighted by Gasteiger charge is 2.31. The van der Waals surface area contributed by atoms with Crippen molar-refractivity contribution in [3.63, 3.8) is 0 Å². The van der Waals surface area contributed by atoms with Gasteiger partial charge >= 0.3 is 0 Å². The van der Waals surface area contributed by atoms with Gasteiger partial charge in [-0.05, 0) is 62.6 Å². The van der Waals surface area contributed by atoms with Crippen LogP contribution >= 0.6 is 0 Å². The van der Waals surface area contributed by atoms with Gasteiger partial charge in [-0.25, -0.2) is 8.78 Å². The molecule has 1 fully saturated rings. The van der Waals surface area contributed by atoms with Gasteiger partial charge in [0.05, 0.1) is 0 Å². The number of piperidine rings is 1. The second kappa shape index (κ2) is 8.50. The van der Waals surface area contributed by atoms with Crippen LogP contribution in [0.4, 0.5) is 14.5 Å². The summed E-state index contributed by atoms with van der Waals surface area (Å²) >= 11 is 0. The van der Waals surface area contributed by atoms with Crippen LogP contribution in [0.2, 0.25) is 0 Å². The van der Waals surface area contributed by atoms with Crippen molar-refractivity contribution in [3.05, 3.63) is 65.2 Å². The van der Waals surface area contributed by atoms with Gasteiger partial charge in [-0.3, -0.25) is 9.59 Å². The molecule has 2 aromatic rings. The monoisotopic (exact) mass is 386 g/mol. The van der Waals surface area contributed by atoms with Gasteiger partial charge in [0.1, 0.15) is 0 Å². The molecule has 2 aromatic carbocycles. The van der Waals surface area contributed by atoms with Gasteiger partial charge in [0.15, 0.2) is 11.6 Å². The molecule has 0 unspecified atom stereocenters. The summed E-state index contributed by atoms with van der Waals surface area (Å²) in [7, 11) is 0. The average molecular weight is 386 g/mol. The first-order chi connectivity index (χ1) is 13.4. The number of benzene rings is 2. The van der Waals surface area contributed by atoms with Gasteiger partial charge in [0.25, 0.3) is 5.91 Å². The molecule has 1 heterocycles. The van der Waals surface area contributed by atoms with E-state index in [4.69, 9.17) is 0 Å². The van der Waals surface area contributed by atoms with E-state index in [0.29, 0.717) is 32.5 Å². The first-order valence-electron chi connectivity index (χ1n) is 9.53. The van der Waals surface area contributed by atoms with Crippen molar-refractivity contribution in [2.75, 3.05) is 24.5 Å². The largest absolute Gasteiger partial charge is 0.339 e. The molecule has 0 saturated carbocycles. The molecule has 3 rings (SSSR count). The van der Waals surface area contributed by atoms with E-state index >= 15 is 0 Å². The number of carbonyl (C=O) groups is 2. The van der Waals surface area contributed by atoms with Crippen molar-refractivity contribution < 1.29 is 18.4 Å². The lowest BCUT2D eigenvalue weighted by molar-refractivity contribution is -0.123. The summed E-state index contributed by atoms with van der Waals surface area (Å²) in [6.45, 7) is 5.35. The minimum absolute atomic E-state index is 0.0630. The van der Waals surface area contributed by atoms with E-state index in [9.17, 15) is 18.4 Å². The van der Waals surface area contributed by atoms with Crippen LogP contribution in [0.1, 0.15) is 35.7 Å². The van der Waals surface area contributed by atoms with Crippen molar-refractivity contribution in [3.8, 4) is 0 Å². The third-order valence-electron chi connectivity index (χ3n) is 5.19. The quantitative estimate of drug-likeness (QED) is 0.791. The number of aryl methyl sites for hydroxylation is 1.